The van der Waals surface area contributed by atoms with Gasteiger partial charge in [0, 0.05) is 11.9 Å². The molecular formula is C25H35BO4. The fraction of sp³-hybridized carbons (Fsp3) is 0.520. The van der Waals surface area contributed by atoms with Crippen molar-refractivity contribution in [2.75, 3.05) is 14.2 Å². The summed E-state index contributed by atoms with van der Waals surface area (Å²) in [7, 11) is 3.06. The van der Waals surface area contributed by atoms with Gasteiger partial charge in [-0.3, -0.25) is 0 Å². The van der Waals surface area contributed by atoms with Gasteiger partial charge in [-0.1, -0.05) is 36.8 Å². The summed E-state index contributed by atoms with van der Waals surface area (Å²) in [5.74, 6) is 1.68. The zero-order valence-electron chi connectivity index (χ0n) is 19.2. The molecule has 0 spiro atoms. The molecule has 30 heavy (non-hydrogen) atoms. The van der Waals surface area contributed by atoms with Gasteiger partial charge in [0.1, 0.15) is 11.5 Å². The van der Waals surface area contributed by atoms with Crippen LogP contribution in [0.2, 0.25) is 0 Å². The molecule has 162 valence electrons. The first-order valence-corrected chi connectivity index (χ1v) is 10.9. The smallest absolute Gasteiger partial charge is 0.465 e. The molecule has 0 N–H and O–H groups in total. The summed E-state index contributed by atoms with van der Waals surface area (Å²) in [6.45, 7) is 8.41. The fourth-order valence-electron chi connectivity index (χ4n) is 3.89. The highest BCUT2D eigenvalue weighted by Crippen LogP contribution is 2.43. The molecule has 2 aromatic carbocycles. The highest BCUT2D eigenvalue weighted by Gasteiger charge is 2.53. The molecule has 0 aromatic heterocycles. The monoisotopic (exact) mass is 410 g/mol. The topological polar surface area (TPSA) is 36.9 Å². The van der Waals surface area contributed by atoms with Gasteiger partial charge in [-0.2, -0.15) is 0 Å². The van der Waals surface area contributed by atoms with Crippen LogP contribution in [0.25, 0.3) is 0 Å². The highest BCUT2D eigenvalue weighted by atomic mass is 16.7. The normalized spacial score (nSPS) is 18.3. The van der Waals surface area contributed by atoms with Crippen LogP contribution >= 0.6 is 0 Å². The van der Waals surface area contributed by atoms with Crippen molar-refractivity contribution in [3.63, 3.8) is 0 Å². The van der Waals surface area contributed by atoms with Crippen LogP contribution in [0.1, 0.15) is 63.9 Å². The second-order valence-corrected chi connectivity index (χ2v) is 9.11. The number of hydrogen-bond acceptors (Lipinski definition) is 4. The van der Waals surface area contributed by atoms with Crippen LogP contribution in [0.15, 0.2) is 48.5 Å². The minimum absolute atomic E-state index is 0.103. The van der Waals surface area contributed by atoms with E-state index in [-0.39, 0.29) is 24.1 Å². The van der Waals surface area contributed by atoms with Gasteiger partial charge < -0.3 is 18.8 Å². The zero-order chi connectivity index (χ0) is 21.8. The van der Waals surface area contributed by atoms with Gasteiger partial charge in [0.2, 0.25) is 0 Å². The first-order valence-electron chi connectivity index (χ1n) is 10.9. The summed E-state index contributed by atoms with van der Waals surface area (Å²) in [6.07, 6.45) is 4.27. The standard InChI is InChI=1S/C25H35BO4/c1-24(2)25(3,4)30-26(29-24)23(15-11-10-14-19-12-8-7-9-13-19)20-16-21(27-5)18-22(17-20)28-6/h7-9,12-13,16-18,23H,10-11,14-15H2,1-6H3. The van der Waals surface area contributed by atoms with Crippen molar-refractivity contribution in [3.8, 4) is 11.5 Å². The van der Waals surface area contributed by atoms with E-state index in [0.717, 1.165) is 42.7 Å². The van der Waals surface area contributed by atoms with Gasteiger partial charge in [0.05, 0.1) is 25.4 Å². The third kappa shape index (κ3) is 5.19. The summed E-state index contributed by atoms with van der Waals surface area (Å²) in [6, 6.07) is 16.7. The molecule has 1 saturated heterocycles. The van der Waals surface area contributed by atoms with E-state index in [1.807, 2.05) is 6.07 Å². The lowest BCUT2D eigenvalue weighted by Gasteiger charge is -2.32. The van der Waals surface area contributed by atoms with E-state index < -0.39 is 0 Å². The first kappa shape index (κ1) is 22.7. The summed E-state index contributed by atoms with van der Waals surface area (Å²) in [4.78, 5) is 0. The molecule has 1 atom stereocenters. The van der Waals surface area contributed by atoms with Crippen molar-refractivity contribution in [3.05, 3.63) is 59.7 Å². The van der Waals surface area contributed by atoms with E-state index in [1.165, 1.54) is 5.56 Å². The van der Waals surface area contributed by atoms with Crippen LogP contribution in [0.5, 0.6) is 11.5 Å². The molecule has 2 aromatic rings. The maximum atomic E-state index is 6.44. The third-order valence-corrected chi connectivity index (χ3v) is 6.48. The molecule has 1 unspecified atom stereocenters. The maximum Gasteiger partial charge on any atom is 0.465 e. The number of ether oxygens (including phenoxy) is 2. The molecular weight excluding hydrogens is 375 g/mol. The quantitative estimate of drug-likeness (QED) is 0.385. The Hall–Kier alpha value is -1.98. The van der Waals surface area contributed by atoms with Crippen molar-refractivity contribution in [2.45, 2.75) is 70.4 Å². The zero-order valence-corrected chi connectivity index (χ0v) is 19.2. The van der Waals surface area contributed by atoms with Crippen molar-refractivity contribution in [2.24, 2.45) is 0 Å². The molecule has 1 heterocycles. The summed E-state index contributed by atoms with van der Waals surface area (Å²) < 4.78 is 23.9. The van der Waals surface area contributed by atoms with Gasteiger partial charge in [-0.25, -0.2) is 0 Å². The number of methoxy groups -OCH3 is 2. The Morgan fingerprint density at radius 1 is 0.833 bits per heavy atom. The van der Waals surface area contributed by atoms with E-state index in [1.54, 1.807) is 14.2 Å². The first-order chi connectivity index (χ1) is 14.3. The SMILES string of the molecule is COc1cc(OC)cc(C(CCCCc2ccccc2)B2OC(C)(C)C(C)(C)O2)c1. The lowest BCUT2D eigenvalue weighted by molar-refractivity contribution is 0.00578. The minimum atomic E-state index is -0.358. The Morgan fingerprint density at radius 2 is 1.40 bits per heavy atom. The Labute approximate surface area is 182 Å². The number of rotatable bonds is 9. The van der Waals surface area contributed by atoms with E-state index in [4.69, 9.17) is 18.8 Å². The average Bonchev–Trinajstić information content (AvgIpc) is 2.94. The van der Waals surface area contributed by atoms with E-state index >= 15 is 0 Å². The largest absolute Gasteiger partial charge is 0.497 e. The fourth-order valence-corrected chi connectivity index (χ4v) is 3.89. The average molecular weight is 410 g/mol. The van der Waals surface area contributed by atoms with Gasteiger partial charge >= 0.3 is 7.12 Å². The molecule has 0 bridgehead atoms. The maximum absolute atomic E-state index is 6.44. The van der Waals surface area contributed by atoms with Gasteiger partial charge in [-0.15, -0.1) is 0 Å². The van der Waals surface area contributed by atoms with E-state index in [9.17, 15) is 0 Å². The van der Waals surface area contributed by atoms with Gasteiger partial charge in [0.25, 0.3) is 0 Å². The van der Waals surface area contributed by atoms with Gasteiger partial charge in [0.15, 0.2) is 0 Å². The second kappa shape index (κ2) is 9.44. The van der Waals surface area contributed by atoms with E-state index in [2.05, 4.69) is 70.2 Å². The predicted octanol–water partition coefficient (Wildman–Crippen LogP) is 5.83. The number of unbranched alkanes of at least 4 members (excludes halogenated alkanes) is 1. The molecule has 0 saturated carbocycles. The van der Waals surface area contributed by atoms with Crippen molar-refractivity contribution >= 4 is 7.12 Å². The third-order valence-electron chi connectivity index (χ3n) is 6.48. The lowest BCUT2D eigenvalue weighted by Crippen LogP contribution is -2.41. The molecule has 1 aliphatic rings. The van der Waals surface area contributed by atoms with Crippen LogP contribution in [-0.2, 0) is 15.7 Å². The van der Waals surface area contributed by atoms with Crippen molar-refractivity contribution < 1.29 is 18.8 Å². The van der Waals surface area contributed by atoms with Crippen LogP contribution in [0.3, 0.4) is 0 Å². The Kier molecular flexibility index (Phi) is 7.15. The lowest BCUT2D eigenvalue weighted by atomic mass is 9.65. The number of aryl methyl sites for hydroxylation is 1. The van der Waals surface area contributed by atoms with E-state index in [0.29, 0.717) is 0 Å². The number of hydrogen-bond donors (Lipinski definition) is 0. The van der Waals surface area contributed by atoms with Crippen LogP contribution in [-0.4, -0.2) is 32.5 Å². The van der Waals surface area contributed by atoms with Crippen LogP contribution in [0.4, 0.5) is 0 Å². The van der Waals surface area contributed by atoms with Crippen molar-refractivity contribution in [1.29, 1.82) is 0 Å². The Morgan fingerprint density at radius 3 is 1.93 bits per heavy atom. The summed E-state index contributed by atoms with van der Waals surface area (Å²) in [5, 5.41) is 0. The molecule has 1 fully saturated rings. The Balaban J connectivity index is 1.79. The molecule has 5 heteroatoms. The highest BCUT2D eigenvalue weighted by molar-refractivity contribution is 6.47. The Bertz CT molecular complexity index is 781. The minimum Gasteiger partial charge on any atom is -0.497 e. The summed E-state index contributed by atoms with van der Waals surface area (Å²) >= 11 is 0. The molecule has 0 radical (unpaired) electrons. The predicted molar refractivity (Wildman–Crippen MR) is 122 cm³/mol. The number of benzene rings is 2. The molecule has 3 rings (SSSR count). The molecule has 4 nitrogen and oxygen atoms in total. The molecule has 0 aliphatic carbocycles. The van der Waals surface area contributed by atoms with Gasteiger partial charge in [-0.05, 0) is 70.2 Å². The van der Waals surface area contributed by atoms with Crippen molar-refractivity contribution in [1.82, 2.24) is 0 Å². The second-order valence-electron chi connectivity index (χ2n) is 9.11. The molecule has 1 aliphatic heterocycles. The molecule has 0 amide bonds. The summed E-state index contributed by atoms with van der Waals surface area (Å²) in [5.41, 5.74) is 1.79. The van der Waals surface area contributed by atoms with Crippen LogP contribution in [0, 0.1) is 0 Å². The van der Waals surface area contributed by atoms with Crippen LogP contribution < -0.4 is 9.47 Å².